The summed E-state index contributed by atoms with van der Waals surface area (Å²) in [4.78, 5) is 0. The number of aliphatic hydroxyl groups is 1. The molecule has 0 radical (unpaired) electrons. The molecule has 0 heterocycles. The molecular formula is C10H8F2O. The van der Waals surface area contributed by atoms with Crippen molar-refractivity contribution in [3.63, 3.8) is 0 Å². The average Bonchev–Trinajstić information content (AvgIpc) is 2.15. The van der Waals surface area contributed by atoms with E-state index in [-0.39, 0.29) is 0 Å². The molecule has 0 saturated heterocycles. The summed E-state index contributed by atoms with van der Waals surface area (Å²) in [5.74, 6) is 4.50. The zero-order valence-corrected chi connectivity index (χ0v) is 6.74. The second kappa shape index (κ2) is 4.58. The SMILES string of the molecule is O[C@@H](C#Cc1ccccc1)C(F)F. The number of rotatable bonds is 1. The molecule has 0 fully saturated rings. The van der Waals surface area contributed by atoms with Gasteiger partial charge in [0.1, 0.15) is 0 Å². The molecule has 0 aliphatic heterocycles. The highest BCUT2D eigenvalue weighted by molar-refractivity contribution is 5.34. The Morgan fingerprint density at radius 2 is 1.77 bits per heavy atom. The van der Waals surface area contributed by atoms with E-state index in [0.29, 0.717) is 5.56 Å². The van der Waals surface area contributed by atoms with E-state index in [1.807, 2.05) is 0 Å². The maximum absolute atomic E-state index is 11.8. The Hall–Kier alpha value is -1.40. The molecule has 68 valence electrons. The van der Waals surface area contributed by atoms with Gasteiger partial charge in [0.05, 0.1) is 0 Å². The van der Waals surface area contributed by atoms with E-state index in [1.54, 1.807) is 30.3 Å². The molecule has 1 aromatic rings. The number of hydrogen-bond acceptors (Lipinski definition) is 1. The van der Waals surface area contributed by atoms with Gasteiger partial charge in [-0.3, -0.25) is 0 Å². The monoisotopic (exact) mass is 182 g/mol. The van der Waals surface area contributed by atoms with Gasteiger partial charge >= 0.3 is 0 Å². The molecule has 0 spiro atoms. The standard InChI is InChI=1S/C10H8F2O/c11-10(12)9(13)7-6-8-4-2-1-3-5-8/h1-5,9-10,13H/t9-/m0/s1. The lowest BCUT2D eigenvalue weighted by Gasteiger charge is -1.98. The Morgan fingerprint density at radius 3 is 2.31 bits per heavy atom. The van der Waals surface area contributed by atoms with Crippen molar-refractivity contribution in [1.82, 2.24) is 0 Å². The van der Waals surface area contributed by atoms with Crippen LogP contribution in [0.15, 0.2) is 30.3 Å². The topological polar surface area (TPSA) is 20.2 Å². The van der Waals surface area contributed by atoms with E-state index >= 15 is 0 Å². The van der Waals surface area contributed by atoms with Gasteiger partial charge in [0.2, 0.25) is 0 Å². The largest absolute Gasteiger partial charge is 0.375 e. The van der Waals surface area contributed by atoms with E-state index in [2.05, 4.69) is 11.8 Å². The predicted octanol–water partition coefficient (Wildman–Crippen LogP) is 1.66. The highest BCUT2D eigenvalue weighted by Gasteiger charge is 2.12. The van der Waals surface area contributed by atoms with Gasteiger partial charge in [-0.1, -0.05) is 30.0 Å². The minimum absolute atomic E-state index is 0.613. The van der Waals surface area contributed by atoms with Crippen LogP contribution < -0.4 is 0 Å². The van der Waals surface area contributed by atoms with Crippen LogP contribution in [-0.2, 0) is 0 Å². The smallest absolute Gasteiger partial charge is 0.275 e. The number of alkyl halides is 2. The van der Waals surface area contributed by atoms with Crippen molar-refractivity contribution in [1.29, 1.82) is 0 Å². The Bertz CT molecular complexity index is 311. The molecule has 0 bridgehead atoms. The molecule has 13 heavy (non-hydrogen) atoms. The van der Waals surface area contributed by atoms with E-state index < -0.39 is 12.5 Å². The first-order chi connectivity index (χ1) is 6.20. The van der Waals surface area contributed by atoms with Crippen LogP contribution in [0.2, 0.25) is 0 Å². The summed E-state index contributed by atoms with van der Waals surface area (Å²) in [5, 5.41) is 8.66. The fourth-order valence-corrected chi connectivity index (χ4v) is 0.742. The summed E-state index contributed by atoms with van der Waals surface area (Å²) < 4.78 is 23.6. The summed E-state index contributed by atoms with van der Waals surface area (Å²) in [6.45, 7) is 0. The fraction of sp³-hybridized carbons (Fsp3) is 0.200. The van der Waals surface area contributed by atoms with Gasteiger partial charge in [0.25, 0.3) is 6.43 Å². The van der Waals surface area contributed by atoms with Crippen molar-refractivity contribution < 1.29 is 13.9 Å². The first kappa shape index (κ1) is 9.69. The molecule has 0 aromatic heterocycles. The highest BCUT2D eigenvalue weighted by Crippen LogP contribution is 2.00. The lowest BCUT2D eigenvalue weighted by atomic mass is 10.2. The second-order valence-corrected chi connectivity index (χ2v) is 2.41. The average molecular weight is 182 g/mol. The van der Waals surface area contributed by atoms with Crippen molar-refractivity contribution in [3.05, 3.63) is 35.9 Å². The van der Waals surface area contributed by atoms with Gasteiger partial charge in [-0.05, 0) is 12.1 Å². The van der Waals surface area contributed by atoms with Crippen LogP contribution in [0.1, 0.15) is 5.56 Å². The molecule has 1 aromatic carbocycles. The van der Waals surface area contributed by atoms with Crippen molar-refractivity contribution in [2.45, 2.75) is 12.5 Å². The lowest BCUT2D eigenvalue weighted by molar-refractivity contribution is 0.0296. The highest BCUT2D eigenvalue weighted by atomic mass is 19.3. The molecule has 1 rings (SSSR count). The zero-order valence-electron chi connectivity index (χ0n) is 6.74. The molecule has 1 nitrogen and oxygen atoms in total. The van der Waals surface area contributed by atoms with Gasteiger partial charge in [-0.25, -0.2) is 8.78 Å². The van der Waals surface area contributed by atoms with Crippen LogP contribution >= 0.6 is 0 Å². The summed E-state index contributed by atoms with van der Waals surface area (Å²) >= 11 is 0. The summed E-state index contributed by atoms with van der Waals surface area (Å²) in [6.07, 6.45) is -4.67. The first-order valence-electron chi connectivity index (χ1n) is 3.73. The van der Waals surface area contributed by atoms with E-state index in [4.69, 9.17) is 5.11 Å². The van der Waals surface area contributed by atoms with Crippen molar-refractivity contribution in [2.24, 2.45) is 0 Å². The van der Waals surface area contributed by atoms with Crippen LogP contribution in [0, 0.1) is 11.8 Å². The second-order valence-electron chi connectivity index (χ2n) is 2.41. The Kier molecular flexibility index (Phi) is 3.41. The molecule has 0 amide bonds. The summed E-state index contributed by atoms with van der Waals surface area (Å²) in [6, 6.07) is 8.67. The van der Waals surface area contributed by atoms with E-state index in [9.17, 15) is 8.78 Å². The van der Waals surface area contributed by atoms with Crippen LogP contribution in [0.25, 0.3) is 0 Å². The maximum Gasteiger partial charge on any atom is 0.275 e. The molecule has 3 heteroatoms. The van der Waals surface area contributed by atoms with Gasteiger partial charge in [-0.2, -0.15) is 0 Å². The lowest BCUT2D eigenvalue weighted by Crippen LogP contribution is -2.14. The van der Waals surface area contributed by atoms with Gasteiger partial charge < -0.3 is 5.11 Å². The minimum atomic E-state index is -2.81. The van der Waals surface area contributed by atoms with Gasteiger partial charge in [-0.15, -0.1) is 0 Å². The quantitative estimate of drug-likeness (QED) is 0.655. The molecule has 0 saturated carbocycles. The molecule has 0 aliphatic rings. The van der Waals surface area contributed by atoms with Crippen molar-refractivity contribution in [3.8, 4) is 11.8 Å². The van der Waals surface area contributed by atoms with Gasteiger partial charge in [0, 0.05) is 5.56 Å². The summed E-state index contributed by atoms with van der Waals surface area (Å²) in [7, 11) is 0. The minimum Gasteiger partial charge on any atom is -0.375 e. The third-order valence-electron chi connectivity index (χ3n) is 1.38. The van der Waals surface area contributed by atoms with Crippen molar-refractivity contribution in [2.75, 3.05) is 0 Å². The number of halogens is 2. The molecule has 0 unspecified atom stereocenters. The van der Waals surface area contributed by atoms with Crippen LogP contribution in [-0.4, -0.2) is 17.6 Å². The van der Waals surface area contributed by atoms with Crippen LogP contribution in [0.4, 0.5) is 8.78 Å². The predicted molar refractivity (Wildman–Crippen MR) is 45.3 cm³/mol. The Balaban J connectivity index is 2.68. The first-order valence-corrected chi connectivity index (χ1v) is 3.73. The number of aliphatic hydroxyl groups excluding tert-OH is 1. The third kappa shape index (κ3) is 3.22. The van der Waals surface area contributed by atoms with E-state index in [1.165, 1.54) is 0 Å². The van der Waals surface area contributed by atoms with Crippen molar-refractivity contribution >= 4 is 0 Å². The Morgan fingerprint density at radius 1 is 1.15 bits per heavy atom. The number of hydrogen-bond donors (Lipinski definition) is 1. The zero-order chi connectivity index (χ0) is 9.68. The molecule has 0 aliphatic carbocycles. The number of benzene rings is 1. The third-order valence-corrected chi connectivity index (χ3v) is 1.38. The molecular weight excluding hydrogens is 174 g/mol. The van der Waals surface area contributed by atoms with Crippen LogP contribution in [0.3, 0.4) is 0 Å². The normalized spacial score (nSPS) is 12.0. The van der Waals surface area contributed by atoms with Crippen LogP contribution in [0.5, 0.6) is 0 Å². The molecule has 1 atom stereocenters. The maximum atomic E-state index is 11.8. The van der Waals surface area contributed by atoms with E-state index in [0.717, 1.165) is 0 Å². The summed E-state index contributed by atoms with van der Waals surface area (Å²) in [5.41, 5.74) is 0.613. The Labute approximate surface area is 75.0 Å². The fourth-order valence-electron chi connectivity index (χ4n) is 0.742. The molecule has 1 N–H and O–H groups in total. The van der Waals surface area contributed by atoms with Gasteiger partial charge in [0.15, 0.2) is 6.10 Å².